The van der Waals surface area contributed by atoms with Crippen LogP contribution in [0.4, 0.5) is 21.7 Å². The highest BCUT2D eigenvalue weighted by molar-refractivity contribution is 6.04. The molecule has 4 heterocycles. The van der Waals surface area contributed by atoms with Gasteiger partial charge in [0.15, 0.2) is 5.82 Å². The fourth-order valence-electron chi connectivity index (χ4n) is 5.36. The first-order valence-corrected chi connectivity index (χ1v) is 14.1. The van der Waals surface area contributed by atoms with Crippen LogP contribution in [0.25, 0.3) is 16.9 Å². The van der Waals surface area contributed by atoms with Gasteiger partial charge in [0, 0.05) is 68.3 Å². The highest BCUT2D eigenvalue weighted by atomic mass is 19.1. The number of rotatable bonds is 9. The van der Waals surface area contributed by atoms with Crippen molar-refractivity contribution in [2.24, 2.45) is 0 Å². The smallest absolute Gasteiger partial charge is 0.255 e. The van der Waals surface area contributed by atoms with Gasteiger partial charge in [0.25, 0.3) is 5.91 Å². The van der Waals surface area contributed by atoms with Crippen LogP contribution in [0.5, 0.6) is 0 Å². The van der Waals surface area contributed by atoms with Gasteiger partial charge in [-0.1, -0.05) is 19.1 Å². The zero-order valence-corrected chi connectivity index (χ0v) is 23.8. The number of aromatic nitrogens is 5. The SMILES string of the molecule is CCN1CCN(Cc2cc(CF)cc(C(=O)Nc3ccc(C)c(Nc4nccn4-c4ncnc5[nH]ccc45)c3)c2)CC1. The zero-order valence-electron chi connectivity index (χ0n) is 23.8. The Morgan fingerprint density at radius 3 is 2.62 bits per heavy atom. The molecule has 0 unspecified atom stereocenters. The van der Waals surface area contributed by atoms with Gasteiger partial charge in [0.2, 0.25) is 5.95 Å². The predicted molar refractivity (Wildman–Crippen MR) is 162 cm³/mol. The molecule has 3 N–H and O–H groups in total. The van der Waals surface area contributed by atoms with Crippen molar-refractivity contribution >= 4 is 34.3 Å². The molecular formula is C31H34FN9O. The Hall–Kier alpha value is -4.61. The Morgan fingerprint density at radius 2 is 1.81 bits per heavy atom. The van der Waals surface area contributed by atoms with Crippen LogP contribution < -0.4 is 10.6 Å². The number of hydrogen-bond donors (Lipinski definition) is 3. The third kappa shape index (κ3) is 5.88. The van der Waals surface area contributed by atoms with Gasteiger partial charge in [-0.15, -0.1) is 0 Å². The second-order valence-electron chi connectivity index (χ2n) is 10.5. The number of aromatic amines is 1. The second-order valence-corrected chi connectivity index (χ2v) is 10.5. The molecule has 0 spiro atoms. The van der Waals surface area contributed by atoms with E-state index in [9.17, 15) is 9.18 Å². The van der Waals surface area contributed by atoms with Gasteiger partial charge in [-0.3, -0.25) is 14.3 Å². The van der Waals surface area contributed by atoms with E-state index >= 15 is 0 Å². The average Bonchev–Trinajstić information content (AvgIpc) is 3.69. The number of halogens is 1. The van der Waals surface area contributed by atoms with Gasteiger partial charge in [-0.25, -0.2) is 19.3 Å². The normalized spacial score (nSPS) is 14.4. The summed E-state index contributed by atoms with van der Waals surface area (Å²) in [5.41, 5.74) is 5.00. The van der Waals surface area contributed by atoms with Gasteiger partial charge >= 0.3 is 0 Å². The number of anilines is 3. The van der Waals surface area contributed by atoms with E-state index in [0.717, 1.165) is 60.6 Å². The number of hydrogen-bond acceptors (Lipinski definition) is 7. The number of alkyl halides is 1. The number of fused-ring (bicyclic) bond motifs is 1. The van der Waals surface area contributed by atoms with Gasteiger partial charge in [0.05, 0.1) is 5.39 Å². The zero-order chi connectivity index (χ0) is 29.1. The maximum Gasteiger partial charge on any atom is 0.255 e. The molecule has 216 valence electrons. The van der Waals surface area contributed by atoms with Crippen LogP contribution in [0, 0.1) is 6.92 Å². The molecule has 10 nitrogen and oxygen atoms in total. The number of carbonyl (C=O) groups is 1. The van der Waals surface area contributed by atoms with Crippen LogP contribution in [0.2, 0.25) is 0 Å². The Bertz CT molecular complexity index is 1700. The lowest BCUT2D eigenvalue weighted by Crippen LogP contribution is -2.45. The second kappa shape index (κ2) is 12.1. The van der Waals surface area contributed by atoms with E-state index in [1.54, 1.807) is 12.3 Å². The third-order valence-corrected chi connectivity index (χ3v) is 7.73. The van der Waals surface area contributed by atoms with Crippen molar-refractivity contribution in [1.82, 2.24) is 34.3 Å². The topological polar surface area (TPSA) is 107 Å². The van der Waals surface area contributed by atoms with Gasteiger partial charge in [-0.05, 0) is 60.5 Å². The van der Waals surface area contributed by atoms with Crippen LogP contribution in [-0.4, -0.2) is 72.9 Å². The van der Waals surface area contributed by atoms with E-state index in [-0.39, 0.29) is 5.91 Å². The summed E-state index contributed by atoms with van der Waals surface area (Å²) in [5, 5.41) is 7.25. The first-order valence-electron chi connectivity index (χ1n) is 14.1. The Labute approximate surface area is 243 Å². The van der Waals surface area contributed by atoms with Crippen LogP contribution in [-0.2, 0) is 13.2 Å². The highest BCUT2D eigenvalue weighted by Gasteiger charge is 2.18. The number of nitrogens with zero attached hydrogens (tertiary/aromatic N) is 6. The van der Waals surface area contributed by atoms with Crippen LogP contribution >= 0.6 is 0 Å². The lowest BCUT2D eigenvalue weighted by Gasteiger charge is -2.34. The monoisotopic (exact) mass is 567 g/mol. The number of carbonyl (C=O) groups excluding carboxylic acids is 1. The number of H-pyrrole nitrogens is 1. The molecule has 5 aromatic rings. The van der Waals surface area contributed by atoms with E-state index in [4.69, 9.17) is 0 Å². The van der Waals surface area contributed by atoms with Crippen molar-refractivity contribution in [1.29, 1.82) is 0 Å². The van der Waals surface area contributed by atoms with Gasteiger partial charge < -0.3 is 20.5 Å². The summed E-state index contributed by atoms with van der Waals surface area (Å²) in [6.45, 7) is 9.23. The summed E-state index contributed by atoms with van der Waals surface area (Å²) in [4.78, 5) is 34.5. The first-order chi connectivity index (χ1) is 20.5. The molecule has 3 aromatic heterocycles. The van der Waals surface area contributed by atoms with Crippen LogP contribution in [0.15, 0.2) is 67.4 Å². The molecular weight excluding hydrogens is 533 g/mol. The Balaban J connectivity index is 1.19. The number of amides is 1. The molecule has 11 heteroatoms. The fraction of sp³-hybridized carbons (Fsp3) is 0.290. The molecule has 0 aliphatic carbocycles. The molecule has 1 aliphatic heterocycles. The maximum atomic E-state index is 13.8. The number of aryl methyl sites for hydroxylation is 1. The summed E-state index contributed by atoms with van der Waals surface area (Å²) in [6, 6.07) is 12.9. The lowest BCUT2D eigenvalue weighted by atomic mass is 10.0. The maximum absolute atomic E-state index is 13.8. The van der Waals surface area contributed by atoms with Crippen molar-refractivity contribution in [3.8, 4) is 5.82 Å². The third-order valence-electron chi connectivity index (χ3n) is 7.73. The summed E-state index contributed by atoms with van der Waals surface area (Å²) < 4.78 is 15.6. The van der Waals surface area contributed by atoms with E-state index in [1.165, 1.54) is 6.33 Å². The number of nitrogens with one attached hydrogen (secondary N) is 3. The molecule has 1 saturated heterocycles. The molecule has 1 aliphatic rings. The molecule has 1 fully saturated rings. The van der Waals surface area contributed by atoms with Crippen molar-refractivity contribution in [2.75, 3.05) is 43.4 Å². The predicted octanol–water partition coefficient (Wildman–Crippen LogP) is 5.05. The summed E-state index contributed by atoms with van der Waals surface area (Å²) in [5.74, 6) is 0.983. The van der Waals surface area contributed by atoms with E-state index in [0.29, 0.717) is 35.1 Å². The number of likely N-dealkylation sites (N-methyl/N-ethyl adjacent to an activating group) is 1. The number of piperazine rings is 1. The first kappa shape index (κ1) is 27.6. The van der Waals surface area contributed by atoms with E-state index in [1.807, 2.05) is 60.3 Å². The number of benzene rings is 2. The average molecular weight is 568 g/mol. The van der Waals surface area contributed by atoms with E-state index in [2.05, 4.69) is 47.3 Å². The van der Waals surface area contributed by atoms with Crippen molar-refractivity contribution in [2.45, 2.75) is 27.1 Å². The molecule has 1 amide bonds. The minimum atomic E-state index is -0.621. The van der Waals surface area contributed by atoms with Gasteiger partial charge in [0.1, 0.15) is 18.6 Å². The molecule has 6 rings (SSSR count). The molecule has 42 heavy (non-hydrogen) atoms. The lowest BCUT2D eigenvalue weighted by molar-refractivity contribution is 0.102. The standard InChI is InChI=1S/C31H34FN9O/c1-3-39-10-12-40(13-11-39)19-23-14-22(18-32)15-24(16-23)30(42)37-25-5-4-21(2)27(17-25)38-31-34-8-9-41(31)29-26-6-7-33-28(26)35-20-36-29/h4-9,14-17,20H,3,10-13,18-19H2,1-2H3,(H,34,38)(H,37,42)(H,33,35,36). The molecule has 0 radical (unpaired) electrons. The minimum absolute atomic E-state index is 0.283. The molecule has 0 bridgehead atoms. The quantitative estimate of drug-likeness (QED) is 0.229. The summed E-state index contributed by atoms with van der Waals surface area (Å²) in [7, 11) is 0. The largest absolute Gasteiger partial charge is 0.346 e. The molecule has 0 atom stereocenters. The summed E-state index contributed by atoms with van der Waals surface area (Å²) in [6.07, 6.45) is 6.86. The van der Waals surface area contributed by atoms with Crippen molar-refractivity contribution in [3.05, 3.63) is 89.6 Å². The molecule has 2 aromatic carbocycles. The van der Waals surface area contributed by atoms with Crippen molar-refractivity contribution in [3.63, 3.8) is 0 Å². The number of imidazole rings is 1. The summed E-state index contributed by atoms with van der Waals surface area (Å²) >= 11 is 0. The highest BCUT2D eigenvalue weighted by Crippen LogP contribution is 2.27. The minimum Gasteiger partial charge on any atom is -0.346 e. The fourth-order valence-corrected chi connectivity index (χ4v) is 5.36. The van der Waals surface area contributed by atoms with Gasteiger partial charge in [-0.2, -0.15) is 0 Å². The Kier molecular flexibility index (Phi) is 7.93. The van der Waals surface area contributed by atoms with E-state index < -0.39 is 6.67 Å². The van der Waals surface area contributed by atoms with Crippen LogP contribution in [0.1, 0.15) is 34.0 Å². The Morgan fingerprint density at radius 1 is 1.00 bits per heavy atom. The molecule has 0 saturated carbocycles. The van der Waals surface area contributed by atoms with Crippen LogP contribution in [0.3, 0.4) is 0 Å². The van der Waals surface area contributed by atoms with Crippen molar-refractivity contribution < 1.29 is 9.18 Å².